The molecule has 1 saturated heterocycles. The van der Waals surface area contributed by atoms with Gasteiger partial charge in [0.1, 0.15) is 11.6 Å². The largest absolute Gasteiger partial charge is 0.342 e. The summed E-state index contributed by atoms with van der Waals surface area (Å²) in [6.07, 6.45) is 11.7. The number of hydrogen-bond donors (Lipinski definition) is 0. The summed E-state index contributed by atoms with van der Waals surface area (Å²) in [5, 5.41) is 8.81. The Labute approximate surface area is 164 Å². The number of hydrogen-bond acceptors (Lipinski definition) is 5. The number of imidazole rings is 2. The molecule has 4 heterocycles. The van der Waals surface area contributed by atoms with Gasteiger partial charge in [-0.3, -0.25) is 4.79 Å². The van der Waals surface area contributed by atoms with Crippen LogP contribution in [-0.2, 0) is 24.9 Å². The van der Waals surface area contributed by atoms with Crippen LogP contribution < -0.4 is 0 Å². The third-order valence-corrected chi connectivity index (χ3v) is 5.51. The predicted molar refractivity (Wildman–Crippen MR) is 102 cm³/mol. The van der Waals surface area contributed by atoms with Crippen LogP contribution in [0, 0.1) is 6.92 Å². The normalized spacial score (nSPS) is 17.2. The monoisotopic (exact) mass is 382 g/mol. The number of carbonyl (C=O) groups is 1. The molecule has 1 aliphatic rings. The minimum absolute atomic E-state index is 0.193. The highest BCUT2D eigenvalue weighted by Crippen LogP contribution is 2.26. The maximum Gasteiger partial charge on any atom is 0.224 e. The molecule has 0 spiro atoms. The van der Waals surface area contributed by atoms with Crippen LogP contribution in [-0.4, -0.2) is 57.8 Å². The second kappa shape index (κ2) is 7.95. The lowest BCUT2D eigenvalue weighted by molar-refractivity contribution is -0.132. The van der Waals surface area contributed by atoms with Crippen molar-refractivity contribution in [2.45, 2.75) is 45.2 Å². The van der Waals surface area contributed by atoms with Crippen molar-refractivity contribution in [2.75, 3.05) is 13.1 Å². The third kappa shape index (κ3) is 3.83. The van der Waals surface area contributed by atoms with E-state index >= 15 is 0 Å². The maximum atomic E-state index is 12.7. The lowest BCUT2D eigenvalue weighted by Crippen LogP contribution is -2.40. The van der Waals surface area contributed by atoms with E-state index in [2.05, 4.69) is 24.7 Å². The van der Waals surface area contributed by atoms with Gasteiger partial charge < -0.3 is 18.6 Å². The standard InChI is InChI=1S/C19H26N8O/c1-15-21-7-11-26(15)9-5-18(28)27-8-3-4-16(12-27)19-23-22-17(24(19)2)13-25-10-6-20-14-25/h6-7,10-11,14,16H,3-5,8-9,12-13H2,1-2H3. The van der Waals surface area contributed by atoms with Gasteiger partial charge in [0, 0.05) is 63.8 Å². The van der Waals surface area contributed by atoms with Gasteiger partial charge in [0.05, 0.1) is 12.9 Å². The van der Waals surface area contributed by atoms with Crippen LogP contribution in [0.3, 0.4) is 0 Å². The van der Waals surface area contributed by atoms with Gasteiger partial charge in [-0.05, 0) is 19.8 Å². The fourth-order valence-corrected chi connectivity index (χ4v) is 3.84. The molecule has 148 valence electrons. The van der Waals surface area contributed by atoms with E-state index in [0.29, 0.717) is 26.1 Å². The molecule has 3 aromatic heterocycles. The van der Waals surface area contributed by atoms with Gasteiger partial charge >= 0.3 is 0 Å². The van der Waals surface area contributed by atoms with Crippen molar-refractivity contribution in [3.05, 3.63) is 48.6 Å². The molecule has 3 aromatic rings. The molecular weight excluding hydrogens is 356 g/mol. The molecule has 4 rings (SSSR count). The predicted octanol–water partition coefficient (Wildman–Crippen LogP) is 1.36. The van der Waals surface area contributed by atoms with E-state index in [4.69, 9.17) is 0 Å². The Morgan fingerprint density at radius 1 is 1.25 bits per heavy atom. The Kier molecular flexibility index (Phi) is 5.23. The van der Waals surface area contributed by atoms with E-state index in [9.17, 15) is 4.79 Å². The number of aryl methyl sites for hydroxylation is 2. The average Bonchev–Trinajstić information content (AvgIpc) is 3.44. The molecule has 28 heavy (non-hydrogen) atoms. The molecule has 0 N–H and O–H groups in total. The zero-order valence-corrected chi connectivity index (χ0v) is 16.4. The molecule has 1 unspecified atom stereocenters. The highest BCUT2D eigenvalue weighted by atomic mass is 16.2. The van der Waals surface area contributed by atoms with Crippen LogP contribution in [0.15, 0.2) is 31.1 Å². The number of aromatic nitrogens is 7. The van der Waals surface area contributed by atoms with Crippen LogP contribution in [0.1, 0.15) is 42.7 Å². The lowest BCUT2D eigenvalue weighted by Gasteiger charge is -2.32. The fraction of sp³-hybridized carbons (Fsp3) is 0.526. The first-order chi connectivity index (χ1) is 13.6. The van der Waals surface area contributed by atoms with Crippen LogP contribution in [0.4, 0.5) is 0 Å². The van der Waals surface area contributed by atoms with Crippen LogP contribution in [0.2, 0.25) is 0 Å². The molecule has 0 saturated carbocycles. The SMILES string of the molecule is Cc1nccn1CCC(=O)N1CCCC(c2nnc(Cn3ccnc3)n2C)C1. The van der Waals surface area contributed by atoms with Gasteiger partial charge in [-0.25, -0.2) is 9.97 Å². The Morgan fingerprint density at radius 3 is 2.89 bits per heavy atom. The van der Waals surface area contributed by atoms with Gasteiger partial charge in [-0.2, -0.15) is 0 Å². The minimum Gasteiger partial charge on any atom is -0.342 e. The van der Waals surface area contributed by atoms with Crippen molar-refractivity contribution in [2.24, 2.45) is 7.05 Å². The van der Waals surface area contributed by atoms with Crippen LogP contribution in [0.25, 0.3) is 0 Å². The summed E-state index contributed by atoms with van der Waals surface area (Å²) in [6.45, 7) is 4.79. The van der Waals surface area contributed by atoms with Gasteiger partial charge in [-0.15, -0.1) is 10.2 Å². The summed E-state index contributed by atoms with van der Waals surface area (Å²) in [4.78, 5) is 23.0. The number of nitrogens with zero attached hydrogens (tertiary/aromatic N) is 8. The molecule has 0 aromatic carbocycles. The highest BCUT2D eigenvalue weighted by molar-refractivity contribution is 5.76. The maximum absolute atomic E-state index is 12.7. The van der Waals surface area contributed by atoms with Gasteiger partial charge in [0.2, 0.25) is 5.91 Å². The smallest absolute Gasteiger partial charge is 0.224 e. The van der Waals surface area contributed by atoms with Gasteiger partial charge in [0.15, 0.2) is 5.82 Å². The Hall–Kier alpha value is -2.97. The second-order valence-corrected chi connectivity index (χ2v) is 7.37. The van der Waals surface area contributed by atoms with Crippen LogP contribution in [0.5, 0.6) is 0 Å². The quantitative estimate of drug-likeness (QED) is 0.642. The van der Waals surface area contributed by atoms with E-state index in [1.165, 1.54) is 0 Å². The molecule has 1 aliphatic heterocycles. The highest BCUT2D eigenvalue weighted by Gasteiger charge is 2.28. The lowest BCUT2D eigenvalue weighted by atomic mass is 9.97. The minimum atomic E-state index is 0.193. The van der Waals surface area contributed by atoms with Crippen molar-refractivity contribution in [3.63, 3.8) is 0 Å². The van der Waals surface area contributed by atoms with E-state index in [1.54, 1.807) is 18.7 Å². The summed E-state index contributed by atoms with van der Waals surface area (Å²) in [5.74, 6) is 3.21. The molecular formula is C19H26N8O. The van der Waals surface area contributed by atoms with Crippen molar-refractivity contribution in [1.82, 2.24) is 38.8 Å². The van der Waals surface area contributed by atoms with Crippen LogP contribution >= 0.6 is 0 Å². The Balaban J connectivity index is 1.39. The summed E-state index contributed by atoms with van der Waals surface area (Å²) in [7, 11) is 2.00. The summed E-state index contributed by atoms with van der Waals surface area (Å²) < 4.78 is 6.06. The van der Waals surface area contributed by atoms with E-state index < -0.39 is 0 Å². The first kappa shape index (κ1) is 18.4. The molecule has 0 bridgehead atoms. The molecule has 1 atom stereocenters. The van der Waals surface area contributed by atoms with Crippen molar-refractivity contribution < 1.29 is 4.79 Å². The molecule has 9 heteroatoms. The topological polar surface area (TPSA) is 86.7 Å². The zero-order chi connectivity index (χ0) is 19.5. The summed E-state index contributed by atoms with van der Waals surface area (Å²) in [5.41, 5.74) is 0. The Morgan fingerprint density at radius 2 is 2.14 bits per heavy atom. The molecule has 0 aliphatic carbocycles. The number of rotatable bonds is 6. The number of carbonyl (C=O) groups excluding carboxylic acids is 1. The fourth-order valence-electron chi connectivity index (χ4n) is 3.84. The molecule has 1 amide bonds. The summed E-state index contributed by atoms with van der Waals surface area (Å²) in [6, 6.07) is 0. The van der Waals surface area contributed by atoms with Gasteiger partial charge in [0.25, 0.3) is 0 Å². The van der Waals surface area contributed by atoms with Crippen molar-refractivity contribution in [1.29, 1.82) is 0 Å². The average molecular weight is 382 g/mol. The summed E-state index contributed by atoms with van der Waals surface area (Å²) >= 11 is 0. The van der Waals surface area contributed by atoms with Crippen molar-refractivity contribution in [3.8, 4) is 0 Å². The van der Waals surface area contributed by atoms with Crippen molar-refractivity contribution >= 4 is 5.91 Å². The van der Waals surface area contributed by atoms with E-state index in [0.717, 1.165) is 36.9 Å². The van der Waals surface area contributed by atoms with E-state index in [1.807, 2.05) is 40.4 Å². The molecule has 0 radical (unpaired) electrons. The number of amides is 1. The zero-order valence-electron chi connectivity index (χ0n) is 16.4. The first-order valence-corrected chi connectivity index (χ1v) is 9.71. The third-order valence-electron chi connectivity index (χ3n) is 5.51. The second-order valence-electron chi connectivity index (χ2n) is 7.37. The molecule has 1 fully saturated rings. The first-order valence-electron chi connectivity index (χ1n) is 9.71. The molecule has 9 nitrogen and oxygen atoms in total. The van der Waals surface area contributed by atoms with E-state index in [-0.39, 0.29) is 11.8 Å². The van der Waals surface area contributed by atoms with Gasteiger partial charge in [-0.1, -0.05) is 0 Å². The Bertz CT molecular complexity index is 926. The number of piperidine rings is 1. The number of likely N-dealkylation sites (tertiary alicyclic amines) is 1.